The number of hydrogen-bond acceptors (Lipinski definition) is 8. The number of oxazole rings is 2. The molecule has 0 aromatic carbocycles. The van der Waals surface area contributed by atoms with Gasteiger partial charge in [0.05, 0.1) is 12.2 Å². The van der Waals surface area contributed by atoms with Gasteiger partial charge >= 0.3 is 0 Å². The van der Waals surface area contributed by atoms with Crippen LogP contribution in [0.4, 0.5) is 0 Å². The number of hydrogen-bond donors (Lipinski definition) is 1. The molecule has 0 radical (unpaired) electrons. The number of allylic oxidation sites excluding steroid dienone is 6. The maximum Gasteiger partial charge on any atom is 0.248 e. The van der Waals surface area contributed by atoms with Crippen LogP contribution in [0.1, 0.15) is 77.5 Å². The monoisotopic (exact) mass is 514 g/mol. The van der Waals surface area contributed by atoms with Gasteiger partial charge in [-0.05, 0) is 46.0 Å². The minimum atomic E-state index is -0.817. The Balaban J connectivity index is 1.53. The zero-order valence-electron chi connectivity index (χ0n) is 23.0. The van der Waals surface area contributed by atoms with Crippen molar-refractivity contribution in [3.63, 3.8) is 0 Å². The first-order chi connectivity index (χ1) is 17.7. The van der Waals surface area contributed by atoms with Gasteiger partial charge in [-0.2, -0.15) is 0 Å². The van der Waals surface area contributed by atoms with Crippen LogP contribution in [0, 0.1) is 5.92 Å². The van der Waals surface area contributed by atoms with Gasteiger partial charge in [0.1, 0.15) is 24.3 Å². The summed E-state index contributed by atoms with van der Waals surface area (Å²) in [6.45, 7) is 8.23. The largest absolute Gasteiger partial charge is 0.448 e. The van der Waals surface area contributed by atoms with Crippen molar-refractivity contribution in [2.75, 3.05) is 14.2 Å². The summed E-state index contributed by atoms with van der Waals surface area (Å²) in [4.78, 5) is 9.12. The Labute approximate surface area is 220 Å². The Morgan fingerprint density at radius 2 is 2.05 bits per heavy atom. The highest BCUT2D eigenvalue weighted by molar-refractivity contribution is 5.44. The second-order valence-electron chi connectivity index (χ2n) is 9.95. The highest BCUT2D eigenvalue weighted by atomic mass is 16.7. The molecule has 5 atom stereocenters. The Morgan fingerprint density at radius 3 is 2.78 bits per heavy atom. The molecule has 1 aliphatic heterocycles. The minimum Gasteiger partial charge on any atom is -0.448 e. The lowest BCUT2D eigenvalue weighted by atomic mass is 9.95. The normalized spacial score (nSPS) is 24.8. The van der Waals surface area contributed by atoms with E-state index in [0.29, 0.717) is 54.8 Å². The van der Waals surface area contributed by atoms with E-state index in [1.165, 1.54) is 5.57 Å². The van der Waals surface area contributed by atoms with Crippen molar-refractivity contribution in [2.24, 2.45) is 5.92 Å². The number of rotatable bonds is 13. The number of ether oxygens (including phenoxy) is 3. The zero-order valence-corrected chi connectivity index (χ0v) is 23.0. The van der Waals surface area contributed by atoms with E-state index in [-0.39, 0.29) is 12.2 Å². The first kappa shape index (κ1) is 29.0. The SMILES string of the molecule is C/C=C/[C@H](C)/C=C(\C)C/C=C/CCc1nc(-c2nc([C@@H](C[C@H]3C[C@@H](O)C[C@](C)(OC)O3)OC)co2)co1. The fourth-order valence-corrected chi connectivity index (χ4v) is 4.66. The maximum absolute atomic E-state index is 10.3. The molecule has 0 spiro atoms. The van der Waals surface area contributed by atoms with Crippen LogP contribution in [0.2, 0.25) is 0 Å². The Kier molecular flexibility index (Phi) is 10.9. The van der Waals surface area contributed by atoms with Gasteiger partial charge in [0, 0.05) is 33.5 Å². The molecule has 204 valence electrons. The van der Waals surface area contributed by atoms with Crippen LogP contribution < -0.4 is 0 Å². The zero-order chi connectivity index (χ0) is 26.8. The summed E-state index contributed by atoms with van der Waals surface area (Å²) in [6, 6.07) is 0. The summed E-state index contributed by atoms with van der Waals surface area (Å²) in [6.07, 6.45) is 16.9. The fourth-order valence-electron chi connectivity index (χ4n) is 4.66. The third-order valence-corrected chi connectivity index (χ3v) is 6.55. The summed E-state index contributed by atoms with van der Waals surface area (Å²) < 4.78 is 28.5. The number of aliphatic hydroxyl groups excluding tert-OH is 1. The van der Waals surface area contributed by atoms with Crippen LogP contribution in [0.15, 0.2) is 57.3 Å². The van der Waals surface area contributed by atoms with Crippen molar-refractivity contribution in [2.45, 2.75) is 90.3 Å². The molecule has 3 heterocycles. The van der Waals surface area contributed by atoms with Gasteiger partial charge in [0.15, 0.2) is 17.4 Å². The molecule has 1 fully saturated rings. The molecule has 37 heavy (non-hydrogen) atoms. The third kappa shape index (κ3) is 8.78. The average Bonchev–Trinajstić information content (AvgIpc) is 3.52. The first-order valence-electron chi connectivity index (χ1n) is 13.0. The molecule has 0 saturated carbocycles. The lowest BCUT2D eigenvalue weighted by Gasteiger charge is -2.40. The Bertz CT molecular complexity index is 1050. The van der Waals surface area contributed by atoms with Gasteiger partial charge < -0.3 is 28.2 Å². The summed E-state index contributed by atoms with van der Waals surface area (Å²) in [7, 11) is 3.21. The van der Waals surface area contributed by atoms with E-state index in [1.807, 2.05) is 13.8 Å². The first-order valence-corrected chi connectivity index (χ1v) is 13.0. The molecule has 0 unspecified atom stereocenters. The van der Waals surface area contributed by atoms with Gasteiger partial charge in [-0.15, -0.1) is 0 Å². The molecular formula is C29H42N2O6. The van der Waals surface area contributed by atoms with Crippen LogP contribution in [-0.2, 0) is 20.6 Å². The van der Waals surface area contributed by atoms with Crippen molar-refractivity contribution in [3.8, 4) is 11.6 Å². The number of methoxy groups -OCH3 is 2. The Hall–Kier alpha value is -2.52. The van der Waals surface area contributed by atoms with E-state index >= 15 is 0 Å². The molecule has 8 heteroatoms. The molecule has 8 nitrogen and oxygen atoms in total. The predicted octanol–water partition coefficient (Wildman–Crippen LogP) is 6.35. The van der Waals surface area contributed by atoms with Gasteiger partial charge in [-0.1, -0.05) is 42.9 Å². The number of nitrogens with zero attached hydrogens (tertiary/aromatic N) is 2. The van der Waals surface area contributed by atoms with Crippen LogP contribution in [0.5, 0.6) is 0 Å². The highest BCUT2D eigenvalue weighted by Crippen LogP contribution is 2.35. The van der Waals surface area contributed by atoms with Gasteiger partial charge in [-0.3, -0.25) is 0 Å². The second-order valence-corrected chi connectivity index (χ2v) is 9.95. The predicted molar refractivity (Wildman–Crippen MR) is 142 cm³/mol. The molecule has 2 aromatic rings. The van der Waals surface area contributed by atoms with Crippen LogP contribution >= 0.6 is 0 Å². The molecule has 1 aliphatic rings. The standard InChI is InChI=1S/C29H42N2O6/c1-7-11-20(2)14-21(3)12-9-8-10-13-27-30-25(19-35-27)28-31-24(18-36-28)26(33-5)16-23-15-22(32)17-29(4,34-6)37-23/h7-9,11,14,18-20,22-23,26,32H,10,12-13,15-17H2,1-6H3/b9-8+,11-7+,21-14+/t20-,22+,23+,26+,29+/m0/s1. The smallest absolute Gasteiger partial charge is 0.248 e. The van der Waals surface area contributed by atoms with E-state index in [4.69, 9.17) is 23.0 Å². The van der Waals surface area contributed by atoms with E-state index in [9.17, 15) is 5.11 Å². The van der Waals surface area contributed by atoms with E-state index < -0.39 is 11.9 Å². The van der Waals surface area contributed by atoms with Crippen LogP contribution in [0.25, 0.3) is 11.6 Å². The number of aromatic nitrogens is 2. The summed E-state index contributed by atoms with van der Waals surface area (Å²) >= 11 is 0. The van der Waals surface area contributed by atoms with Crippen molar-refractivity contribution in [1.29, 1.82) is 0 Å². The van der Waals surface area contributed by atoms with Crippen molar-refractivity contribution in [3.05, 3.63) is 60.1 Å². The number of aryl methyl sites for hydroxylation is 1. The molecule has 0 aliphatic carbocycles. The van der Waals surface area contributed by atoms with Crippen LogP contribution in [0.3, 0.4) is 0 Å². The molecule has 0 bridgehead atoms. The van der Waals surface area contributed by atoms with Crippen molar-refractivity contribution in [1.82, 2.24) is 9.97 Å². The fraction of sp³-hybridized carbons (Fsp3) is 0.586. The van der Waals surface area contributed by atoms with Crippen LogP contribution in [-0.4, -0.2) is 47.3 Å². The van der Waals surface area contributed by atoms with E-state index in [1.54, 1.807) is 26.7 Å². The third-order valence-electron chi connectivity index (χ3n) is 6.55. The number of aliphatic hydroxyl groups is 1. The Morgan fingerprint density at radius 1 is 1.24 bits per heavy atom. The van der Waals surface area contributed by atoms with Gasteiger partial charge in [-0.25, -0.2) is 9.97 Å². The average molecular weight is 515 g/mol. The summed E-state index contributed by atoms with van der Waals surface area (Å²) in [5.41, 5.74) is 2.54. The van der Waals surface area contributed by atoms with Gasteiger partial charge in [0.25, 0.3) is 0 Å². The molecular weight excluding hydrogens is 472 g/mol. The summed E-state index contributed by atoms with van der Waals surface area (Å²) in [5, 5.41) is 10.3. The molecule has 2 aromatic heterocycles. The van der Waals surface area contributed by atoms with Gasteiger partial charge in [0.2, 0.25) is 5.89 Å². The lowest BCUT2D eigenvalue weighted by molar-refractivity contribution is -0.278. The minimum absolute atomic E-state index is 0.235. The van der Waals surface area contributed by atoms with E-state index in [0.717, 1.165) is 12.8 Å². The molecule has 0 amide bonds. The van der Waals surface area contributed by atoms with E-state index in [2.05, 4.69) is 54.2 Å². The molecule has 1 saturated heterocycles. The highest BCUT2D eigenvalue weighted by Gasteiger charge is 2.39. The lowest BCUT2D eigenvalue weighted by Crippen LogP contribution is -2.45. The van der Waals surface area contributed by atoms with Crippen molar-refractivity contribution >= 4 is 0 Å². The maximum atomic E-state index is 10.3. The molecule has 3 rings (SSSR count). The topological polar surface area (TPSA) is 100.0 Å². The quantitative estimate of drug-likeness (QED) is 0.309. The summed E-state index contributed by atoms with van der Waals surface area (Å²) in [5.74, 6) is 0.659. The van der Waals surface area contributed by atoms with Crippen molar-refractivity contribution < 1.29 is 28.2 Å². The second kappa shape index (κ2) is 13.9. The molecule has 1 N–H and O–H groups in total.